The van der Waals surface area contributed by atoms with E-state index in [4.69, 9.17) is 0 Å². The van der Waals surface area contributed by atoms with Crippen LogP contribution in [0.3, 0.4) is 0 Å². The first-order valence-corrected chi connectivity index (χ1v) is 6.39. The van der Waals surface area contributed by atoms with Gasteiger partial charge in [-0.1, -0.05) is 31.6 Å². The van der Waals surface area contributed by atoms with Gasteiger partial charge in [0.05, 0.1) is 6.42 Å². The van der Waals surface area contributed by atoms with Crippen LogP contribution in [0.5, 0.6) is 0 Å². The highest BCUT2D eigenvalue weighted by Crippen LogP contribution is 2.18. The van der Waals surface area contributed by atoms with Crippen molar-refractivity contribution in [2.75, 3.05) is 0 Å². The van der Waals surface area contributed by atoms with Crippen molar-refractivity contribution < 1.29 is 9.18 Å². The quantitative estimate of drug-likeness (QED) is 0.870. The van der Waals surface area contributed by atoms with E-state index in [0.29, 0.717) is 18.0 Å². The van der Waals surface area contributed by atoms with Gasteiger partial charge in [-0.3, -0.25) is 4.79 Å². The first-order chi connectivity index (χ1) is 8.69. The molecule has 1 aromatic rings. The van der Waals surface area contributed by atoms with Crippen LogP contribution in [0.15, 0.2) is 24.8 Å². The lowest BCUT2D eigenvalue weighted by atomic mass is 10.1. The van der Waals surface area contributed by atoms with Gasteiger partial charge in [-0.15, -0.1) is 0 Å². The normalized spacial score (nSPS) is 15.6. The van der Waals surface area contributed by atoms with Crippen LogP contribution >= 0.6 is 0 Å². The van der Waals surface area contributed by atoms with E-state index in [1.165, 1.54) is 25.0 Å². The first kappa shape index (κ1) is 12.8. The fourth-order valence-corrected chi connectivity index (χ4v) is 2.39. The second-order valence-corrected chi connectivity index (χ2v) is 4.79. The molecule has 0 saturated heterocycles. The minimum absolute atomic E-state index is 0.0171. The van der Waals surface area contributed by atoms with Gasteiger partial charge in [0.15, 0.2) is 0 Å². The zero-order valence-electron chi connectivity index (χ0n) is 10.4. The molecule has 96 valence electrons. The summed E-state index contributed by atoms with van der Waals surface area (Å²) < 4.78 is 13.3. The molecule has 1 aliphatic rings. The largest absolute Gasteiger partial charge is 0.353 e. The van der Waals surface area contributed by atoms with Crippen LogP contribution in [0.4, 0.5) is 4.39 Å². The second-order valence-electron chi connectivity index (χ2n) is 4.79. The summed E-state index contributed by atoms with van der Waals surface area (Å²) in [6.45, 7) is 3.55. The summed E-state index contributed by atoms with van der Waals surface area (Å²) in [5.41, 5.74) is 1.27. The monoisotopic (exact) mass is 247 g/mol. The highest BCUT2D eigenvalue weighted by molar-refractivity contribution is 5.79. The molecule has 1 aliphatic carbocycles. The number of halogens is 1. The highest BCUT2D eigenvalue weighted by Gasteiger charge is 2.17. The van der Waals surface area contributed by atoms with Gasteiger partial charge in [-0.25, -0.2) is 4.39 Å². The van der Waals surface area contributed by atoms with Crippen molar-refractivity contribution in [2.45, 2.75) is 38.1 Å². The van der Waals surface area contributed by atoms with Gasteiger partial charge in [0.25, 0.3) is 0 Å². The second kappa shape index (κ2) is 5.80. The van der Waals surface area contributed by atoms with E-state index >= 15 is 0 Å². The Morgan fingerprint density at radius 3 is 2.83 bits per heavy atom. The summed E-state index contributed by atoms with van der Waals surface area (Å²) in [6, 6.07) is 5.04. The van der Waals surface area contributed by atoms with Crippen molar-refractivity contribution in [1.82, 2.24) is 5.32 Å². The van der Waals surface area contributed by atoms with Crippen molar-refractivity contribution in [1.29, 1.82) is 0 Å². The Balaban J connectivity index is 1.95. The Kier molecular flexibility index (Phi) is 4.13. The molecule has 0 spiro atoms. The van der Waals surface area contributed by atoms with Crippen molar-refractivity contribution >= 4 is 12.0 Å². The summed E-state index contributed by atoms with van der Waals surface area (Å²) >= 11 is 0. The summed E-state index contributed by atoms with van der Waals surface area (Å²) in [7, 11) is 0. The maximum Gasteiger partial charge on any atom is 0.224 e. The molecule has 1 N–H and O–H groups in total. The minimum atomic E-state index is -0.301. The maximum absolute atomic E-state index is 13.3. The Morgan fingerprint density at radius 2 is 2.17 bits per heavy atom. The number of carbonyl (C=O) groups is 1. The van der Waals surface area contributed by atoms with Gasteiger partial charge in [0, 0.05) is 11.6 Å². The predicted octanol–water partition coefficient (Wildman–Crippen LogP) is 3.07. The molecule has 0 unspecified atom stereocenters. The van der Waals surface area contributed by atoms with E-state index in [9.17, 15) is 9.18 Å². The molecule has 0 aliphatic heterocycles. The highest BCUT2D eigenvalue weighted by atomic mass is 19.1. The van der Waals surface area contributed by atoms with Crippen LogP contribution in [0.1, 0.15) is 36.8 Å². The number of hydrogen-bond donors (Lipinski definition) is 1. The zero-order chi connectivity index (χ0) is 13.0. The van der Waals surface area contributed by atoms with Gasteiger partial charge in [-0.2, -0.15) is 0 Å². The molecule has 1 saturated carbocycles. The molecule has 2 rings (SSSR count). The van der Waals surface area contributed by atoms with E-state index in [1.54, 1.807) is 12.1 Å². The molecule has 0 aromatic heterocycles. The van der Waals surface area contributed by atoms with Gasteiger partial charge >= 0.3 is 0 Å². The predicted molar refractivity (Wildman–Crippen MR) is 70.6 cm³/mol. The van der Waals surface area contributed by atoms with Crippen molar-refractivity contribution in [3.63, 3.8) is 0 Å². The average molecular weight is 247 g/mol. The SMILES string of the molecule is C=Cc1cc(CC(=O)NC2CCCC2)ccc1F. The molecule has 2 nitrogen and oxygen atoms in total. The molecule has 0 radical (unpaired) electrons. The number of carbonyl (C=O) groups excluding carboxylic acids is 1. The number of benzene rings is 1. The van der Waals surface area contributed by atoms with Crippen molar-refractivity contribution in [3.8, 4) is 0 Å². The average Bonchev–Trinajstić information content (AvgIpc) is 2.84. The van der Waals surface area contributed by atoms with E-state index in [2.05, 4.69) is 11.9 Å². The zero-order valence-corrected chi connectivity index (χ0v) is 10.4. The van der Waals surface area contributed by atoms with Gasteiger partial charge in [0.2, 0.25) is 5.91 Å². The third-order valence-electron chi connectivity index (χ3n) is 3.37. The first-order valence-electron chi connectivity index (χ1n) is 6.39. The molecule has 0 atom stereocenters. The number of rotatable bonds is 4. The lowest BCUT2D eigenvalue weighted by molar-refractivity contribution is -0.121. The Hall–Kier alpha value is -1.64. The van der Waals surface area contributed by atoms with Gasteiger partial charge in [0.1, 0.15) is 5.82 Å². The molecule has 0 bridgehead atoms. The van der Waals surface area contributed by atoms with Crippen LogP contribution in [0, 0.1) is 5.82 Å². The number of amides is 1. The lowest BCUT2D eigenvalue weighted by Gasteiger charge is -2.12. The molecule has 0 heterocycles. The molecule has 18 heavy (non-hydrogen) atoms. The van der Waals surface area contributed by atoms with Gasteiger partial charge < -0.3 is 5.32 Å². The molecular formula is C15H18FNO. The Morgan fingerprint density at radius 1 is 1.44 bits per heavy atom. The molecular weight excluding hydrogens is 229 g/mol. The van der Waals surface area contributed by atoms with E-state index < -0.39 is 0 Å². The van der Waals surface area contributed by atoms with Crippen LogP contribution < -0.4 is 5.32 Å². The van der Waals surface area contributed by atoms with Crippen molar-refractivity contribution in [3.05, 3.63) is 41.7 Å². The summed E-state index contributed by atoms with van der Waals surface area (Å²) in [6.07, 6.45) is 6.32. The van der Waals surface area contributed by atoms with Crippen LogP contribution in [0.2, 0.25) is 0 Å². The van der Waals surface area contributed by atoms with Crippen LogP contribution in [0.25, 0.3) is 6.08 Å². The maximum atomic E-state index is 13.3. The summed E-state index contributed by atoms with van der Waals surface area (Å²) in [4.78, 5) is 11.8. The third-order valence-corrected chi connectivity index (χ3v) is 3.37. The van der Waals surface area contributed by atoms with Gasteiger partial charge in [-0.05, 0) is 30.5 Å². The standard InChI is InChI=1S/C15H18FNO/c1-2-12-9-11(7-8-14(12)16)10-15(18)17-13-5-3-4-6-13/h2,7-9,13H,1,3-6,10H2,(H,17,18). The molecule has 3 heteroatoms. The number of nitrogens with one attached hydrogen (secondary N) is 1. The Labute approximate surface area is 107 Å². The van der Waals surface area contributed by atoms with Crippen LogP contribution in [-0.2, 0) is 11.2 Å². The van der Waals surface area contributed by atoms with Crippen molar-refractivity contribution in [2.24, 2.45) is 0 Å². The lowest BCUT2D eigenvalue weighted by Crippen LogP contribution is -2.33. The number of hydrogen-bond acceptors (Lipinski definition) is 1. The van der Waals surface area contributed by atoms with E-state index in [1.807, 2.05) is 0 Å². The topological polar surface area (TPSA) is 29.1 Å². The summed E-state index contributed by atoms with van der Waals surface area (Å²) in [5.74, 6) is -0.284. The smallest absolute Gasteiger partial charge is 0.224 e. The molecule has 1 fully saturated rings. The van der Waals surface area contributed by atoms with Crippen LogP contribution in [-0.4, -0.2) is 11.9 Å². The molecule has 1 aromatic carbocycles. The van der Waals surface area contributed by atoms with E-state index in [0.717, 1.165) is 18.4 Å². The molecule has 1 amide bonds. The summed E-state index contributed by atoms with van der Waals surface area (Å²) in [5, 5.41) is 3.02. The Bertz CT molecular complexity index is 450. The fraction of sp³-hybridized carbons (Fsp3) is 0.400. The fourth-order valence-electron chi connectivity index (χ4n) is 2.39. The van der Waals surface area contributed by atoms with E-state index in [-0.39, 0.29) is 11.7 Å². The minimum Gasteiger partial charge on any atom is -0.353 e. The third kappa shape index (κ3) is 3.19.